The fraction of sp³-hybridized carbons (Fsp3) is 0.231. The molecule has 3 nitrogen and oxygen atoms in total. The molecule has 1 aliphatic heterocycles. The molecule has 1 amide bonds. The van der Waals surface area contributed by atoms with Gasteiger partial charge >= 0.3 is 0 Å². The van der Waals surface area contributed by atoms with E-state index in [9.17, 15) is 4.79 Å². The van der Waals surface area contributed by atoms with E-state index in [2.05, 4.69) is 11.1 Å². The molecule has 80 valence electrons. The molecule has 1 fully saturated rings. The Hall–Kier alpha value is -1.90. The maximum atomic E-state index is 11.6. The summed E-state index contributed by atoms with van der Waals surface area (Å²) >= 11 is 0. The molecule has 0 bridgehead atoms. The van der Waals surface area contributed by atoms with Gasteiger partial charge in [0.15, 0.2) is 0 Å². The molecule has 3 heteroatoms. The molecule has 0 unspecified atom stereocenters. The molecule has 0 aliphatic carbocycles. The van der Waals surface area contributed by atoms with Gasteiger partial charge in [0.1, 0.15) is 0 Å². The number of anilines is 1. The Balaban J connectivity index is 2.08. The highest BCUT2D eigenvalue weighted by atomic mass is 16.2. The number of fused-ring (bicyclic) bond motifs is 1. The molecule has 0 N–H and O–H groups in total. The van der Waals surface area contributed by atoms with Crippen molar-refractivity contribution in [2.45, 2.75) is 12.8 Å². The highest BCUT2D eigenvalue weighted by Crippen LogP contribution is 2.25. The molecular formula is C13H12N2O. The molecule has 0 radical (unpaired) electrons. The van der Waals surface area contributed by atoms with Crippen LogP contribution in [0.15, 0.2) is 36.7 Å². The van der Waals surface area contributed by atoms with Crippen LogP contribution in [0.3, 0.4) is 0 Å². The Morgan fingerprint density at radius 1 is 1.19 bits per heavy atom. The number of aromatic nitrogens is 1. The standard InChI is InChI=1S/C13H12N2O/c16-13-2-1-7-15(13)12-4-3-11-9-14-6-5-10(11)8-12/h3-6,8-9H,1-2,7H2. The van der Waals surface area contributed by atoms with Gasteiger partial charge in [-0.1, -0.05) is 6.07 Å². The van der Waals surface area contributed by atoms with E-state index in [0.29, 0.717) is 6.42 Å². The molecule has 0 saturated carbocycles. The van der Waals surface area contributed by atoms with E-state index >= 15 is 0 Å². The van der Waals surface area contributed by atoms with Gasteiger partial charge in [0, 0.05) is 36.4 Å². The van der Waals surface area contributed by atoms with Crippen molar-refractivity contribution in [2.75, 3.05) is 11.4 Å². The van der Waals surface area contributed by atoms with Gasteiger partial charge in [-0.05, 0) is 30.0 Å². The number of rotatable bonds is 1. The number of benzene rings is 1. The summed E-state index contributed by atoms with van der Waals surface area (Å²) in [4.78, 5) is 17.6. The van der Waals surface area contributed by atoms with E-state index in [1.165, 1.54) is 0 Å². The largest absolute Gasteiger partial charge is 0.312 e. The fourth-order valence-corrected chi connectivity index (χ4v) is 2.16. The third kappa shape index (κ3) is 1.45. The van der Waals surface area contributed by atoms with Gasteiger partial charge in [-0.25, -0.2) is 0 Å². The van der Waals surface area contributed by atoms with Crippen molar-refractivity contribution in [2.24, 2.45) is 0 Å². The molecule has 16 heavy (non-hydrogen) atoms. The Morgan fingerprint density at radius 2 is 2.12 bits per heavy atom. The summed E-state index contributed by atoms with van der Waals surface area (Å²) in [6, 6.07) is 8.04. The van der Waals surface area contributed by atoms with E-state index < -0.39 is 0 Å². The van der Waals surface area contributed by atoms with E-state index in [1.807, 2.05) is 29.3 Å². The molecule has 1 saturated heterocycles. The summed E-state index contributed by atoms with van der Waals surface area (Å²) in [6.45, 7) is 0.843. The van der Waals surface area contributed by atoms with Crippen molar-refractivity contribution in [3.63, 3.8) is 0 Å². The summed E-state index contributed by atoms with van der Waals surface area (Å²) in [7, 11) is 0. The molecule has 1 aliphatic rings. The lowest BCUT2D eigenvalue weighted by Crippen LogP contribution is -2.23. The Morgan fingerprint density at radius 3 is 2.94 bits per heavy atom. The second kappa shape index (κ2) is 3.59. The lowest BCUT2D eigenvalue weighted by atomic mass is 10.1. The monoisotopic (exact) mass is 212 g/mol. The van der Waals surface area contributed by atoms with Crippen molar-refractivity contribution in [3.8, 4) is 0 Å². The van der Waals surface area contributed by atoms with Crippen LogP contribution in [-0.4, -0.2) is 17.4 Å². The molecule has 1 aromatic carbocycles. The van der Waals surface area contributed by atoms with Crippen LogP contribution in [0, 0.1) is 0 Å². The molecule has 2 heterocycles. The molecular weight excluding hydrogens is 200 g/mol. The van der Waals surface area contributed by atoms with Gasteiger partial charge in [0.2, 0.25) is 5.91 Å². The van der Waals surface area contributed by atoms with Crippen LogP contribution in [0.5, 0.6) is 0 Å². The Bertz CT molecular complexity index is 550. The van der Waals surface area contributed by atoms with Crippen molar-refractivity contribution in [1.82, 2.24) is 4.98 Å². The van der Waals surface area contributed by atoms with Crippen LogP contribution in [0.2, 0.25) is 0 Å². The van der Waals surface area contributed by atoms with Crippen molar-refractivity contribution in [3.05, 3.63) is 36.7 Å². The number of hydrogen-bond donors (Lipinski definition) is 0. The third-order valence-corrected chi connectivity index (χ3v) is 3.01. The van der Waals surface area contributed by atoms with E-state index in [0.717, 1.165) is 29.4 Å². The number of pyridine rings is 1. The lowest BCUT2D eigenvalue weighted by molar-refractivity contribution is -0.117. The Labute approximate surface area is 93.7 Å². The average molecular weight is 212 g/mol. The number of amides is 1. The number of hydrogen-bond acceptors (Lipinski definition) is 2. The third-order valence-electron chi connectivity index (χ3n) is 3.01. The quantitative estimate of drug-likeness (QED) is 0.727. The zero-order valence-corrected chi connectivity index (χ0v) is 8.89. The number of nitrogens with zero attached hydrogens (tertiary/aromatic N) is 2. The van der Waals surface area contributed by atoms with Gasteiger partial charge < -0.3 is 4.90 Å². The maximum absolute atomic E-state index is 11.6. The first-order valence-electron chi connectivity index (χ1n) is 5.49. The minimum atomic E-state index is 0.230. The zero-order valence-electron chi connectivity index (χ0n) is 8.89. The SMILES string of the molecule is O=C1CCCN1c1ccc2cnccc2c1. The molecule has 0 atom stereocenters. The number of carbonyl (C=O) groups is 1. The van der Waals surface area contributed by atoms with Crippen molar-refractivity contribution in [1.29, 1.82) is 0 Å². The van der Waals surface area contributed by atoms with Crippen molar-refractivity contribution >= 4 is 22.4 Å². The first-order valence-corrected chi connectivity index (χ1v) is 5.49. The Kier molecular flexibility index (Phi) is 2.10. The van der Waals surface area contributed by atoms with E-state index in [4.69, 9.17) is 0 Å². The first-order chi connectivity index (χ1) is 7.84. The minimum absolute atomic E-state index is 0.230. The van der Waals surface area contributed by atoms with Crippen LogP contribution < -0.4 is 4.90 Å². The van der Waals surface area contributed by atoms with Crippen LogP contribution in [0.4, 0.5) is 5.69 Å². The highest BCUT2D eigenvalue weighted by molar-refractivity contribution is 5.97. The predicted molar refractivity (Wildman–Crippen MR) is 63.3 cm³/mol. The van der Waals surface area contributed by atoms with Gasteiger partial charge in [-0.2, -0.15) is 0 Å². The van der Waals surface area contributed by atoms with Crippen LogP contribution >= 0.6 is 0 Å². The molecule has 0 spiro atoms. The van der Waals surface area contributed by atoms with Gasteiger partial charge in [-0.3, -0.25) is 9.78 Å². The van der Waals surface area contributed by atoms with Crippen LogP contribution in [-0.2, 0) is 4.79 Å². The average Bonchev–Trinajstić information content (AvgIpc) is 2.75. The smallest absolute Gasteiger partial charge is 0.227 e. The molecule has 1 aromatic heterocycles. The lowest BCUT2D eigenvalue weighted by Gasteiger charge is -2.15. The van der Waals surface area contributed by atoms with E-state index in [1.54, 1.807) is 6.20 Å². The highest BCUT2D eigenvalue weighted by Gasteiger charge is 2.21. The summed E-state index contributed by atoms with van der Waals surface area (Å²) in [5, 5.41) is 2.24. The first kappa shape index (κ1) is 9.33. The summed E-state index contributed by atoms with van der Waals surface area (Å²) in [5.74, 6) is 0.230. The predicted octanol–water partition coefficient (Wildman–Crippen LogP) is 2.36. The second-order valence-electron chi connectivity index (χ2n) is 4.06. The van der Waals surface area contributed by atoms with Gasteiger partial charge in [0.25, 0.3) is 0 Å². The van der Waals surface area contributed by atoms with Crippen LogP contribution in [0.25, 0.3) is 10.8 Å². The molecule has 3 rings (SSSR count). The zero-order chi connectivity index (χ0) is 11.0. The van der Waals surface area contributed by atoms with E-state index in [-0.39, 0.29) is 5.91 Å². The minimum Gasteiger partial charge on any atom is -0.312 e. The maximum Gasteiger partial charge on any atom is 0.227 e. The number of carbonyl (C=O) groups excluding carboxylic acids is 1. The van der Waals surface area contributed by atoms with Crippen molar-refractivity contribution < 1.29 is 4.79 Å². The fourth-order valence-electron chi connectivity index (χ4n) is 2.16. The summed E-state index contributed by atoms with van der Waals surface area (Å²) in [5.41, 5.74) is 1.00. The van der Waals surface area contributed by atoms with Crippen LogP contribution in [0.1, 0.15) is 12.8 Å². The van der Waals surface area contributed by atoms with Gasteiger partial charge in [-0.15, -0.1) is 0 Å². The molecule has 2 aromatic rings. The summed E-state index contributed by atoms with van der Waals surface area (Å²) in [6.07, 6.45) is 5.25. The topological polar surface area (TPSA) is 33.2 Å². The van der Waals surface area contributed by atoms with Gasteiger partial charge in [0.05, 0.1) is 0 Å². The normalized spacial score (nSPS) is 16.0. The summed E-state index contributed by atoms with van der Waals surface area (Å²) < 4.78 is 0. The second-order valence-corrected chi connectivity index (χ2v) is 4.06.